The van der Waals surface area contributed by atoms with E-state index >= 15 is 0 Å². The van der Waals surface area contributed by atoms with Crippen LogP contribution in [0, 0.1) is 0 Å². The van der Waals surface area contributed by atoms with Crippen LogP contribution in [-0.2, 0) is 4.79 Å². The summed E-state index contributed by atoms with van der Waals surface area (Å²) in [7, 11) is 1.66. The molecule has 7 heteroatoms. The lowest BCUT2D eigenvalue weighted by molar-refractivity contribution is -0.121. The van der Waals surface area contributed by atoms with Crippen molar-refractivity contribution in [3.8, 4) is 11.5 Å². The lowest BCUT2D eigenvalue weighted by Crippen LogP contribution is -2.53. The lowest BCUT2D eigenvalue weighted by atomic mass is 10.1. The zero-order chi connectivity index (χ0) is 23.8. The van der Waals surface area contributed by atoms with Crippen LogP contribution in [0.2, 0.25) is 0 Å². The third-order valence-electron chi connectivity index (χ3n) is 6.93. The van der Waals surface area contributed by atoms with Gasteiger partial charge in [-0.1, -0.05) is 0 Å². The quantitative estimate of drug-likeness (QED) is 0.608. The molecular formula is C27H38N4O3. The molecule has 4 rings (SSSR count). The lowest BCUT2D eigenvalue weighted by Gasteiger charge is -2.37. The fraction of sp³-hybridized carbons (Fsp3) is 0.519. The predicted octanol–water partition coefficient (Wildman–Crippen LogP) is 3.71. The maximum absolute atomic E-state index is 12.8. The summed E-state index contributed by atoms with van der Waals surface area (Å²) < 4.78 is 11.0. The number of piperidine rings is 1. The molecule has 1 amide bonds. The Kier molecular flexibility index (Phi) is 8.66. The second kappa shape index (κ2) is 12.1. The SMILES string of the molecule is COc1ccc(OCCN2CCN([C@H](C)C(=O)Nc3ccc(N4CCCCC4)cc3)CC2)cc1. The van der Waals surface area contributed by atoms with E-state index in [0.29, 0.717) is 6.61 Å². The largest absolute Gasteiger partial charge is 0.497 e. The standard InChI is InChI=1S/C27H38N4O3/c1-22(27(32)28-23-6-8-24(9-7-23)31-14-4-3-5-15-31)30-18-16-29(17-19-30)20-21-34-26-12-10-25(33-2)11-13-26/h6-13,22H,3-5,14-21H2,1-2H3,(H,28,32)/t22-/m1/s1. The third-order valence-corrected chi connectivity index (χ3v) is 6.93. The number of anilines is 2. The van der Waals surface area contributed by atoms with E-state index in [-0.39, 0.29) is 11.9 Å². The second-order valence-electron chi connectivity index (χ2n) is 9.16. The Morgan fingerprint density at radius 1 is 0.882 bits per heavy atom. The van der Waals surface area contributed by atoms with Crippen molar-refractivity contribution in [2.75, 3.05) is 69.7 Å². The smallest absolute Gasteiger partial charge is 0.241 e. The molecule has 1 atom stereocenters. The molecule has 7 nitrogen and oxygen atoms in total. The fourth-order valence-corrected chi connectivity index (χ4v) is 4.66. The highest BCUT2D eigenvalue weighted by molar-refractivity contribution is 5.94. The van der Waals surface area contributed by atoms with Gasteiger partial charge >= 0.3 is 0 Å². The highest BCUT2D eigenvalue weighted by Gasteiger charge is 2.25. The van der Waals surface area contributed by atoms with E-state index in [1.807, 2.05) is 43.3 Å². The van der Waals surface area contributed by atoms with Gasteiger partial charge in [0, 0.05) is 57.2 Å². The number of carbonyl (C=O) groups is 1. The van der Waals surface area contributed by atoms with Gasteiger partial charge in [-0.15, -0.1) is 0 Å². The predicted molar refractivity (Wildman–Crippen MR) is 137 cm³/mol. The van der Waals surface area contributed by atoms with Gasteiger partial charge < -0.3 is 19.7 Å². The van der Waals surface area contributed by atoms with Gasteiger partial charge in [0.15, 0.2) is 0 Å². The molecule has 1 N–H and O–H groups in total. The second-order valence-corrected chi connectivity index (χ2v) is 9.16. The van der Waals surface area contributed by atoms with Crippen molar-refractivity contribution in [1.29, 1.82) is 0 Å². The van der Waals surface area contributed by atoms with Crippen LogP contribution in [-0.4, -0.2) is 81.3 Å². The van der Waals surface area contributed by atoms with Crippen LogP contribution in [0.25, 0.3) is 0 Å². The van der Waals surface area contributed by atoms with E-state index in [9.17, 15) is 4.79 Å². The third kappa shape index (κ3) is 6.64. The normalized spacial score (nSPS) is 18.4. The number of amides is 1. The van der Waals surface area contributed by atoms with Crippen molar-refractivity contribution < 1.29 is 14.3 Å². The molecule has 2 aliphatic heterocycles. The molecule has 0 aliphatic carbocycles. The van der Waals surface area contributed by atoms with Gasteiger partial charge in [0.05, 0.1) is 13.2 Å². The highest BCUT2D eigenvalue weighted by atomic mass is 16.5. The number of ether oxygens (including phenoxy) is 2. The monoisotopic (exact) mass is 466 g/mol. The first-order valence-electron chi connectivity index (χ1n) is 12.5. The highest BCUT2D eigenvalue weighted by Crippen LogP contribution is 2.22. The molecule has 184 valence electrons. The molecule has 0 unspecified atom stereocenters. The summed E-state index contributed by atoms with van der Waals surface area (Å²) in [6, 6.07) is 15.8. The Morgan fingerprint density at radius 3 is 2.18 bits per heavy atom. The molecule has 0 spiro atoms. The van der Waals surface area contributed by atoms with Crippen LogP contribution >= 0.6 is 0 Å². The number of nitrogens with one attached hydrogen (secondary N) is 1. The molecule has 0 radical (unpaired) electrons. The summed E-state index contributed by atoms with van der Waals surface area (Å²) in [5.74, 6) is 1.74. The molecule has 2 saturated heterocycles. The average molecular weight is 467 g/mol. The number of rotatable bonds is 9. The fourth-order valence-electron chi connectivity index (χ4n) is 4.66. The number of methoxy groups -OCH3 is 1. The average Bonchev–Trinajstić information content (AvgIpc) is 2.90. The van der Waals surface area contributed by atoms with E-state index in [4.69, 9.17) is 9.47 Å². The van der Waals surface area contributed by atoms with Gasteiger partial charge in [-0.3, -0.25) is 14.6 Å². The summed E-state index contributed by atoms with van der Waals surface area (Å²) in [5.41, 5.74) is 2.12. The number of piperazine rings is 1. The molecule has 2 fully saturated rings. The summed E-state index contributed by atoms with van der Waals surface area (Å²) >= 11 is 0. The van der Waals surface area contributed by atoms with Crippen molar-refractivity contribution in [3.05, 3.63) is 48.5 Å². The zero-order valence-electron chi connectivity index (χ0n) is 20.5. The molecule has 0 bridgehead atoms. The van der Waals surface area contributed by atoms with Crippen molar-refractivity contribution in [2.45, 2.75) is 32.2 Å². The number of hydrogen-bond donors (Lipinski definition) is 1. The summed E-state index contributed by atoms with van der Waals surface area (Å²) in [5, 5.41) is 3.10. The van der Waals surface area contributed by atoms with Crippen LogP contribution in [0.5, 0.6) is 11.5 Å². The van der Waals surface area contributed by atoms with E-state index in [2.05, 4.69) is 32.1 Å². The van der Waals surface area contributed by atoms with Crippen molar-refractivity contribution in [2.24, 2.45) is 0 Å². The van der Waals surface area contributed by atoms with Gasteiger partial charge in [0.1, 0.15) is 18.1 Å². The Morgan fingerprint density at radius 2 is 1.53 bits per heavy atom. The number of carbonyl (C=O) groups excluding carboxylic acids is 1. The van der Waals surface area contributed by atoms with E-state index < -0.39 is 0 Å². The first-order valence-corrected chi connectivity index (χ1v) is 12.5. The number of nitrogens with zero attached hydrogens (tertiary/aromatic N) is 3. The Hall–Kier alpha value is -2.77. The first-order chi connectivity index (χ1) is 16.6. The van der Waals surface area contributed by atoms with Crippen molar-refractivity contribution >= 4 is 17.3 Å². The molecule has 2 aromatic carbocycles. The van der Waals surface area contributed by atoms with Crippen LogP contribution < -0.4 is 19.7 Å². The van der Waals surface area contributed by atoms with Crippen LogP contribution in [0.3, 0.4) is 0 Å². The molecule has 0 aromatic heterocycles. The van der Waals surface area contributed by atoms with Crippen molar-refractivity contribution in [1.82, 2.24) is 9.80 Å². The number of hydrogen-bond acceptors (Lipinski definition) is 6. The summed E-state index contributed by atoms with van der Waals surface area (Å²) in [4.78, 5) is 19.9. The molecule has 34 heavy (non-hydrogen) atoms. The van der Waals surface area contributed by atoms with Crippen molar-refractivity contribution in [3.63, 3.8) is 0 Å². The Labute approximate surface area is 203 Å². The minimum Gasteiger partial charge on any atom is -0.497 e. The van der Waals surface area contributed by atoms with E-state index in [0.717, 1.165) is 63.0 Å². The van der Waals surface area contributed by atoms with Crippen LogP contribution in [0.15, 0.2) is 48.5 Å². The molecular weight excluding hydrogens is 428 g/mol. The Balaban J connectivity index is 1.17. The number of benzene rings is 2. The van der Waals surface area contributed by atoms with Gasteiger partial charge in [0.2, 0.25) is 5.91 Å². The minimum absolute atomic E-state index is 0.0574. The zero-order valence-corrected chi connectivity index (χ0v) is 20.5. The van der Waals surface area contributed by atoms with Gasteiger partial charge in [0.25, 0.3) is 0 Å². The van der Waals surface area contributed by atoms with Crippen LogP contribution in [0.1, 0.15) is 26.2 Å². The Bertz CT molecular complexity index is 889. The minimum atomic E-state index is -0.153. The van der Waals surface area contributed by atoms with E-state index in [1.165, 1.54) is 24.9 Å². The first kappa shape index (κ1) is 24.4. The molecule has 2 aromatic rings. The summed E-state index contributed by atoms with van der Waals surface area (Å²) in [6.07, 6.45) is 3.85. The van der Waals surface area contributed by atoms with Gasteiger partial charge in [-0.2, -0.15) is 0 Å². The van der Waals surface area contributed by atoms with E-state index in [1.54, 1.807) is 7.11 Å². The summed E-state index contributed by atoms with van der Waals surface area (Å²) in [6.45, 7) is 9.42. The van der Waals surface area contributed by atoms with Gasteiger partial charge in [-0.25, -0.2) is 0 Å². The molecule has 2 aliphatic rings. The topological polar surface area (TPSA) is 57.3 Å². The molecule has 0 saturated carbocycles. The van der Waals surface area contributed by atoms with Crippen LogP contribution in [0.4, 0.5) is 11.4 Å². The maximum atomic E-state index is 12.8. The molecule has 2 heterocycles. The maximum Gasteiger partial charge on any atom is 0.241 e. The van der Waals surface area contributed by atoms with Gasteiger partial charge in [-0.05, 0) is 74.7 Å².